The van der Waals surface area contributed by atoms with E-state index in [0.717, 1.165) is 30.5 Å². The molecule has 2 nitrogen and oxygen atoms in total. The summed E-state index contributed by atoms with van der Waals surface area (Å²) in [4.78, 5) is 0. The number of hydrogen-bond donors (Lipinski definition) is 1. The van der Waals surface area contributed by atoms with Crippen molar-refractivity contribution in [2.45, 2.75) is 19.3 Å². The zero-order chi connectivity index (χ0) is 14.7. The minimum absolute atomic E-state index is 0.826. The third-order valence-electron chi connectivity index (χ3n) is 5.03. The Labute approximate surface area is 128 Å². The lowest BCUT2D eigenvalue weighted by atomic mass is 9.83. The van der Waals surface area contributed by atoms with Crippen LogP contribution in [0.5, 0.6) is 0 Å². The van der Waals surface area contributed by atoms with Crippen molar-refractivity contribution in [3.05, 3.63) is 59.7 Å². The fraction of sp³-hybridized carbons (Fsp3) is 0.150. The molecule has 106 valence electrons. The van der Waals surface area contributed by atoms with Gasteiger partial charge >= 0.3 is 0 Å². The van der Waals surface area contributed by atoms with Crippen LogP contribution in [-0.2, 0) is 6.42 Å². The Balaban J connectivity index is 2.06. The summed E-state index contributed by atoms with van der Waals surface area (Å²) in [5.41, 5.74) is 3.29. The number of oxime groups is 1. The molecule has 0 saturated heterocycles. The summed E-state index contributed by atoms with van der Waals surface area (Å²) in [7, 11) is 0. The van der Waals surface area contributed by atoms with Gasteiger partial charge in [0, 0.05) is 5.56 Å². The second-order valence-corrected chi connectivity index (χ2v) is 6.16. The molecule has 0 aromatic heterocycles. The fourth-order valence-corrected chi connectivity index (χ4v) is 4.07. The molecule has 1 N–H and O–H groups in total. The highest BCUT2D eigenvalue weighted by atomic mass is 16.4. The van der Waals surface area contributed by atoms with Gasteiger partial charge in [0.1, 0.15) is 0 Å². The summed E-state index contributed by atoms with van der Waals surface area (Å²) in [6.45, 7) is 0. The van der Waals surface area contributed by atoms with E-state index in [9.17, 15) is 5.21 Å². The van der Waals surface area contributed by atoms with Crippen molar-refractivity contribution in [1.82, 2.24) is 0 Å². The minimum Gasteiger partial charge on any atom is -0.411 e. The molecule has 0 fully saturated rings. The van der Waals surface area contributed by atoms with E-state index in [1.165, 1.54) is 37.9 Å². The molecule has 0 atom stereocenters. The average Bonchev–Trinajstić information content (AvgIpc) is 2.58. The van der Waals surface area contributed by atoms with Crippen LogP contribution in [0.2, 0.25) is 0 Å². The molecule has 0 aliphatic heterocycles. The van der Waals surface area contributed by atoms with Crippen LogP contribution in [0.25, 0.3) is 32.3 Å². The first-order chi connectivity index (χ1) is 10.9. The van der Waals surface area contributed by atoms with Crippen molar-refractivity contribution < 1.29 is 5.21 Å². The Morgan fingerprint density at radius 1 is 0.818 bits per heavy atom. The number of fused-ring (bicyclic) bond motifs is 2. The van der Waals surface area contributed by atoms with E-state index in [1.807, 2.05) is 0 Å². The van der Waals surface area contributed by atoms with E-state index in [4.69, 9.17) is 0 Å². The fourth-order valence-electron chi connectivity index (χ4n) is 4.07. The molecule has 0 heterocycles. The molecular formula is C20H15NO. The minimum atomic E-state index is 0.826. The predicted molar refractivity (Wildman–Crippen MR) is 91.4 cm³/mol. The third kappa shape index (κ3) is 1.42. The summed E-state index contributed by atoms with van der Waals surface area (Å²) < 4.78 is 0. The quantitative estimate of drug-likeness (QED) is 0.272. The highest BCUT2D eigenvalue weighted by Crippen LogP contribution is 2.39. The number of aryl methyl sites for hydroxylation is 1. The number of nitrogens with zero attached hydrogens (tertiary/aromatic N) is 1. The number of hydrogen-bond acceptors (Lipinski definition) is 2. The molecule has 1 aliphatic carbocycles. The molecule has 5 rings (SSSR count). The first-order valence-electron chi connectivity index (χ1n) is 7.77. The average molecular weight is 285 g/mol. The van der Waals surface area contributed by atoms with Crippen molar-refractivity contribution in [2.24, 2.45) is 5.16 Å². The van der Waals surface area contributed by atoms with Crippen LogP contribution in [0.15, 0.2) is 53.7 Å². The van der Waals surface area contributed by atoms with Crippen molar-refractivity contribution in [2.75, 3.05) is 0 Å². The van der Waals surface area contributed by atoms with Crippen molar-refractivity contribution >= 4 is 38.0 Å². The second-order valence-electron chi connectivity index (χ2n) is 6.16. The summed E-state index contributed by atoms with van der Waals surface area (Å²) in [6, 6.07) is 17.5. The normalized spacial score (nSPS) is 16.8. The van der Waals surface area contributed by atoms with E-state index in [0.29, 0.717) is 0 Å². The van der Waals surface area contributed by atoms with Crippen molar-refractivity contribution in [3.8, 4) is 0 Å². The van der Waals surface area contributed by atoms with Crippen molar-refractivity contribution in [3.63, 3.8) is 0 Å². The van der Waals surface area contributed by atoms with Gasteiger partial charge in [-0.3, -0.25) is 0 Å². The van der Waals surface area contributed by atoms with Gasteiger partial charge in [-0.05, 0) is 63.2 Å². The van der Waals surface area contributed by atoms with Gasteiger partial charge in [-0.15, -0.1) is 0 Å². The Morgan fingerprint density at radius 2 is 1.59 bits per heavy atom. The molecule has 0 unspecified atom stereocenters. The predicted octanol–water partition coefficient (Wildman–Crippen LogP) is 5.10. The summed E-state index contributed by atoms with van der Waals surface area (Å²) >= 11 is 0. The molecule has 0 bridgehead atoms. The molecule has 0 spiro atoms. The van der Waals surface area contributed by atoms with Gasteiger partial charge in [0.15, 0.2) is 0 Å². The van der Waals surface area contributed by atoms with Crippen molar-refractivity contribution in [1.29, 1.82) is 0 Å². The lowest BCUT2D eigenvalue weighted by Gasteiger charge is -2.21. The molecule has 0 amide bonds. The molecule has 4 aromatic rings. The van der Waals surface area contributed by atoms with E-state index in [-0.39, 0.29) is 0 Å². The van der Waals surface area contributed by atoms with Crippen LogP contribution in [0.1, 0.15) is 24.0 Å². The lowest BCUT2D eigenvalue weighted by Crippen LogP contribution is -2.12. The van der Waals surface area contributed by atoms with E-state index >= 15 is 0 Å². The topological polar surface area (TPSA) is 32.6 Å². The summed E-state index contributed by atoms with van der Waals surface area (Å²) in [5.74, 6) is 0. The van der Waals surface area contributed by atoms with Gasteiger partial charge in [-0.1, -0.05) is 47.6 Å². The smallest absolute Gasteiger partial charge is 0.0871 e. The second kappa shape index (κ2) is 4.20. The first kappa shape index (κ1) is 12.0. The Bertz CT molecular complexity index is 1050. The van der Waals surface area contributed by atoms with E-state index in [2.05, 4.69) is 53.7 Å². The molecule has 2 heteroatoms. The zero-order valence-electron chi connectivity index (χ0n) is 12.1. The molecular weight excluding hydrogens is 270 g/mol. The van der Waals surface area contributed by atoms with Gasteiger partial charge in [-0.25, -0.2) is 0 Å². The van der Waals surface area contributed by atoms with Gasteiger partial charge in [0.05, 0.1) is 5.71 Å². The zero-order valence-corrected chi connectivity index (χ0v) is 12.1. The SMILES string of the molecule is O/N=C1\CCCc2c1cc1ccc3cccc4ccc2c1c34. The molecule has 0 saturated carbocycles. The Kier molecular flexibility index (Phi) is 2.29. The summed E-state index contributed by atoms with van der Waals surface area (Å²) in [6.07, 6.45) is 2.97. The van der Waals surface area contributed by atoms with Crippen LogP contribution in [0, 0.1) is 0 Å². The molecule has 4 aromatic carbocycles. The molecule has 0 radical (unpaired) electrons. The van der Waals surface area contributed by atoms with Crippen LogP contribution in [-0.4, -0.2) is 10.9 Å². The third-order valence-corrected chi connectivity index (χ3v) is 5.03. The first-order valence-corrected chi connectivity index (χ1v) is 7.77. The molecule has 1 aliphatic rings. The van der Waals surface area contributed by atoms with Gasteiger partial charge in [0.2, 0.25) is 0 Å². The van der Waals surface area contributed by atoms with Gasteiger partial charge in [-0.2, -0.15) is 0 Å². The highest BCUT2D eigenvalue weighted by molar-refractivity contribution is 6.25. The molecule has 22 heavy (non-hydrogen) atoms. The standard InChI is InChI=1S/C20H15NO/c22-21-18-6-2-5-15-16-10-9-13-4-1-3-12-7-8-14(11-17(15)18)20(16)19(12)13/h1,3-4,7-11,22H,2,5-6H2/b21-18+. The maximum Gasteiger partial charge on any atom is 0.0871 e. The number of rotatable bonds is 0. The highest BCUT2D eigenvalue weighted by Gasteiger charge is 2.21. The van der Waals surface area contributed by atoms with E-state index in [1.54, 1.807) is 0 Å². The van der Waals surface area contributed by atoms with Crippen LogP contribution in [0.4, 0.5) is 0 Å². The Morgan fingerprint density at radius 3 is 2.41 bits per heavy atom. The van der Waals surface area contributed by atoms with Crippen LogP contribution >= 0.6 is 0 Å². The van der Waals surface area contributed by atoms with Gasteiger partial charge < -0.3 is 5.21 Å². The van der Waals surface area contributed by atoms with Crippen LogP contribution < -0.4 is 0 Å². The van der Waals surface area contributed by atoms with E-state index < -0.39 is 0 Å². The maximum atomic E-state index is 9.33. The Hall–Kier alpha value is -2.61. The monoisotopic (exact) mass is 285 g/mol. The largest absolute Gasteiger partial charge is 0.411 e. The lowest BCUT2D eigenvalue weighted by molar-refractivity contribution is 0.317. The van der Waals surface area contributed by atoms with Gasteiger partial charge in [0.25, 0.3) is 0 Å². The number of benzene rings is 4. The summed E-state index contributed by atoms with van der Waals surface area (Å²) in [5, 5.41) is 20.7. The van der Waals surface area contributed by atoms with Crippen LogP contribution in [0.3, 0.4) is 0 Å². The maximum absolute atomic E-state index is 9.33.